The zero-order chi connectivity index (χ0) is 17.5. The summed E-state index contributed by atoms with van der Waals surface area (Å²) >= 11 is 0. The van der Waals surface area contributed by atoms with E-state index in [2.05, 4.69) is 5.32 Å². The molecule has 0 unspecified atom stereocenters. The lowest BCUT2D eigenvalue weighted by molar-refractivity contribution is 0.102. The summed E-state index contributed by atoms with van der Waals surface area (Å²) < 4.78 is 19.0. The van der Waals surface area contributed by atoms with Crippen LogP contribution in [0.2, 0.25) is 0 Å². The maximum Gasteiger partial charge on any atom is 0.259 e. The first-order valence-corrected chi connectivity index (χ1v) is 7.35. The minimum atomic E-state index is -0.661. The number of phenols is 1. The van der Waals surface area contributed by atoms with Gasteiger partial charge in [-0.3, -0.25) is 4.79 Å². The van der Waals surface area contributed by atoms with Crippen molar-refractivity contribution in [2.45, 2.75) is 25.9 Å². The van der Waals surface area contributed by atoms with Crippen LogP contribution in [0, 0.1) is 17.1 Å². The number of nitrogens with zero attached hydrogens (tertiary/aromatic N) is 1. The Morgan fingerprint density at radius 1 is 1.38 bits per heavy atom. The number of anilines is 1. The third-order valence-corrected chi connectivity index (χ3v) is 3.80. The molecule has 1 heterocycles. The van der Waals surface area contributed by atoms with Gasteiger partial charge in [-0.15, -0.1) is 0 Å². The van der Waals surface area contributed by atoms with Gasteiger partial charge in [0.05, 0.1) is 11.1 Å². The Kier molecular flexibility index (Phi) is 3.64. The molecule has 0 spiro atoms. The van der Waals surface area contributed by atoms with Crippen molar-refractivity contribution in [1.82, 2.24) is 0 Å². The molecule has 122 valence electrons. The van der Waals surface area contributed by atoms with Crippen molar-refractivity contribution in [3.8, 4) is 17.6 Å². The van der Waals surface area contributed by atoms with Crippen molar-refractivity contribution in [3.63, 3.8) is 0 Å². The standard InChI is InChI=1S/C18H15FN2O3/c1-18(2)8-10-3-5-13(15(22)16(10)24-18)17(23)21-12-4-6-14(19)11(7-12)9-20/h3-7,22H,8H2,1-2H3,(H,21,23). The highest BCUT2D eigenvalue weighted by molar-refractivity contribution is 6.06. The fourth-order valence-corrected chi connectivity index (χ4v) is 2.71. The molecule has 0 fully saturated rings. The van der Waals surface area contributed by atoms with Crippen molar-refractivity contribution in [3.05, 3.63) is 52.8 Å². The van der Waals surface area contributed by atoms with E-state index in [1.807, 2.05) is 13.8 Å². The maximum absolute atomic E-state index is 13.3. The number of hydrogen-bond acceptors (Lipinski definition) is 4. The van der Waals surface area contributed by atoms with Gasteiger partial charge in [-0.05, 0) is 38.1 Å². The van der Waals surface area contributed by atoms with Crippen LogP contribution in [0.4, 0.5) is 10.1 Å². The Hall–Kier alpha value is -3.07. The number of rotatable bonds is 2. The first-order chi connectivity index (χ1) is 11.3. The van der Waals surface area contributed by atoms with Gasteiger partial charge in [-0.1, -0.05) is 6.07 Å². The van der Waals surface area contributed by atoms with E-state index in [4.69, 9.17) is 10.00 Å². The molecule has 0 bridgehead atoms. The van der Waals surface area contributed by atoms with Gasteiger partial charge in [0.1, 0.15) is 17.5 Å². The van der Waals surface area contributed by atoms with E-state index in [0.717, 1.165) is 11.6 Å². The Morgan fingerprint density at radius 2 is 2.12 bits per heavy atom. The second kappa shape index (κ2) is 5.53. The van der Waals surface area contributed by atoms with E-state index in [1.54, 1.807) is 12.1 Å². The lowest BCUT2D eigenvalue weighted by atomic mass is 10.0. The molecule has 1 aliphatic rings. The van der Waals surface area contributed by atoms with Crippen LogP contribution in [-0.2, 0) is 6.42 Å². The molecule has 0 aliphatic carbocycles. The molecule has 2 aromatic carbocycles. The van der Waals surface area contributed by atoms with E-state index < -0.39 is 17.3 Å². The third-order valence-electron chi connectivity index (χ3n) is 3.80. The number of fused-ring (bicyclic) bond motifs is 1. The number of carbonyl (C=O) groups is 1. The van der Waals surface area contributed by atoms with E-state index in [-0.39, 0.29) is 22.6 Å². The Balaban J connectivity index is 1.89. The summed E-state index contributed by atoms with van der Waals surface area (Å²) in [6.07, 6.45) is 0.640. The normalized spacial score (nSPS) is 14.4. The van der Waals surface area contributed by atoms with Gasteiger partial charge < -0.3 is 15.2 Å². The van der Waals surface area contributed by atoms with Crippen LogP contribution < -0.4 is 10.1 Å². The van der Waals surface area contributed by atoms with Crippen LogP contribution in [0.5, 0.6) is 11.5 Å². The molecule has 3 rings (SSSR count). The predicted octanol–water partition coefficient (Wildman–Crippen LogP) is 3.37. The van der Waals surface area contributed by atoms with Crippen LogP contribution in [0.3, 0.4) is 0 Å². The van der Waals surface area contributed by atoms with E-state index in [9.17, 15) is 14.3 Å². The smallest absolute Gasteiger partial charge is 0.259 e. The number of hydrogen-bond donors (Lipinski definition) is 2. The molecule has 0 saturated carbocycles. The number of amides is 1. The molecule has 1 aliphatic heterocycles. The van der Waals surface area contributed by atoms with Crippen molar-refractivity contribution in [1.29, 1.82) is 5.26 Å². The lowest BCUT2D eigenvalue weighted by Gasteiger charge is -2.17. The minimum absolute atomic E-state index is 0.0503. The van der Waals surface area contributed by atoms with Gasteiger partial charge in [0.2, 0.25) is 0 Å². The lowest BCUT2D eigenvalue weighted by Crippen LogP contribution is -2.24. The summed E-state index contributed by atoms with van der Waals surface area (Å²) in [7, 11) is 0. The van der Waals surface area contributed by atoms with Crippen LogP contribution in [0.1, 0.15) is 35.3 Å². The highest BCUT2D eigenvalue weighted by Gasteiger charge is 2.33. The van der Waals surface area contributed by atoms with Gasteiger partial charge >= 0.3 is 0 Å². The molecule has 2 aromatic rings. The van der Waals surface area contributed by atoms with Crippen molar-refractivity contribution in [2.75, 3.05) is 5.32 Å². The van der Waals surface area contributed by atoms with E-state index in [0.29, 0.717) is 12.2 Å². The predicted molar refractivity (Wildman–Crippen MR) is 85.6 cm³/mol. The molecule has 0 radical (unpaired) electrons. The quantitative estimate of drug-likeness (QED) is 0.886. The number of halogens is 1. The molecule has 0 atom stereocenters. The molecule has 2 N–H and O–H groups in total. The largest absolute Gasteiger partial charge is 0.504 e. The highest BCUT2D eigenvalue weighted by atomic mass is 19.1. The monoisotopic (exact) mass is 326 g/mol. The first-order valence-electron chi connectivity index (χ1n) is 7.35. The molecular formula is C18H15FN2O3. The fourth-order valence-electron chi connectivity index (χ4n) is 2.71. The number of phenolic OH excluding ortho intramolecular Hbond substituents is 1. The number of nitrogens with one attached hydrogen (secondary N) is 1. The number of benzene rings is 2. The first kappa shape index (κ1) is 15.8. The maximum atomic E-state index is 13.3. The SMILES string of the molecule is CC1(C)Cc2ccc(C(=O)Nc3ccc(F)c(C#N)c3)c(O)c2O1. The molecule has 1 amide bonds. The molecule has 0 saturated heterocycles. The minimum Gasteiger partial charge on any atom is -0.504 e. The summed E-state index contributed by atoms with van der Waals surface area (Å²) in [6.45, 7) is 3.79. The molecule has 24 heavy (non-hydrogen) atoms. The van der Waals surface area contributed by atoms with Crippen molar-refractivity contribution >= 4 is 11.6 Å². The molecule has 5 nitrogen and oxygen atoms in total. The summed E-state index contributed by atoms with van der Waals surface area (Å²) in [5, 5.41) is 21.7. The van der Waals surface area contributed by atoms with Crippen LogP contribution in [0.25, 0.3) is 0 Å². The number of ether oxygens (including phenoxy) is 1. The average molecular weight is 326 g/mol. The summed E-state index contributed by atoms with van der Waals surface area (Å²) in [5.41, 5.74) is 0.542. The third kappa shape index (κ3) is 2.76. The molecule has 0 aromatic heterocycles. The van der Waals surface area contributed by atoms with Crippen LogP contribution in [0.15, 0.2) is 30.3 Å². The fraction of sp³-hybridized carbons (Fsp3) is 0.222. The molecular weight excluding hydrogens is 311 g/mol. The zero-order valence-electron chi connectivity index (χ0n) is 13.2. The topological polar surface area (TPSA) is 82.4 Å². The summed E-state index contributed by atoms with van der Waals surface area (Å²) in [6, 6.07) is 8.64. The van der Waals surface area contributed by atoms with Crippen LogP contribution >= 0.6 is 0 Å². The second-order valence-corrected chi connectivity index (χ2v) is 6.25. The second-order valence-electron chi connectivity index (χ2n) is 6.25. The van der Waals surface area contributed by atoms with E-state index >= 15 is 0 Å². The van der Waals surface area contributed by atoms with Gasteiger partial charge in [0.25, 0.3) is 5.91 Å². The number of aromatic hydroxyl groups is 1. The van der Waals surface area contributed by atoms with E-state index in [1.165, 1.54) is 18.2 Å². The van der Waals surface area contributed by atoms with Gasteiger partial charge in [-0.2, -0.15) is 5.26 Å². The molecule has 6 heteroatoms. The Morgan fingerprint density at radius 3 is 2.83 bits per heavy atom. The summed E-state index contributed by atoms with van der Waals surface area (Å²) in [4.78, 5) is 12.4. The number of nitriles is 1. The van der Waals surface area contributed by atoms with Crippen molar-refractivity contribution in [2.24, 2.45) is 0 Å². The van der Waals surface area contributed by atoms with Crippen molar-refractivity contribution < 1.29 is 19.0 Å². The van der Waals surface area contributed by atoms with Gasteiger partial charge in [0, 0.05) is 17.7 Å². The van der Waals surface area contributed by atoms with Gasteiger partial charge in [-0.25, -0.2) is 4.39 Å². The van der Waals surface area contributed by atoms with Gasteiger partial charge in [0.15, 0.2) is 11.5 Å². The Labute approximate surface area is 138 Å². The summed E-state index contributed by atoms with van der Waals surface area (Å²) in [5.74, 6) is -1.15. The Bertz CT molecular complexity index is 885. The number of carbonyl (C=O) groups excluding carboxylic acids is 1. The average Bonchev–Trinajstić information content (AvgIpc) is 2.84. The van der Waals surface area contributed by atoms with Crippen LogP contribution in [-0.4, -0.2) is 16.6 Å². The zero-order valence-corrected chi connectivity index (χ0v) is 13.2. The highest BCUT2D eigenvalue weighted by Crippen LogP contribution is 2.43.